The molecule has 96 valence electrons. The second kappa shape index (κ2) is 5.06. The predicted molar refractivity (Wildman–Crippen MR) is 71.3 cm³/mol. The van der Waals surface area contributed by atoms with Crippen molar-refractivity contribution < 1.29 is 4.52 Å². The van der Waals surface area contributed by atoms with Gasteiger partial charge in [0.05, 0.1) is 5.69 Å². The Bertz CT molecular complexity index is 657. The molecule has 5 nitrogen and oxygen atoms in total. The van der Waals surface area contributed by atoms with E-state index in [-0.39, 0.29) is 0 Å². The van der Waals surface area contributed by atoms with Crippen molar-refractivity contribution in [3.8, 4) is 22.8 Å². The normalized spacial score (nSPS) is 10.8. The minimum absolute atomic E-state index is 0.484. The third kappa shape index (κ3) is 2.40. The van der Waals surface area contributed by atoms with Gasteiger partial charge in [0.1, 0.15) is 5.69 Å². The highest BCUT2D eigenvalue weighted by molar-refractivity contribution is 5.64. The fraction of sp³-hybridized carbons (Fsp3) is 0.214. The molecule has 0 unspecified atom stereocenters. The van der Waals surface area contributed by atoms with Crippen molar-refractivity contribution in [2.45, 2.75) is 19.8 Å². The van der Waals surface area contributed by atoms with E-state index in [9.17, 15) is 0 Å². The maximum atomic E-state index is 5.22. The molecule has 1 aromatic carbocycles. The quantitative estimate of drug-likeness (QED) is 0.776. The molecule has 0 fully saturated rings. The van der Waals surface area contributed by atoms with Crippen LogP contribution in [0.2, 0.25) is 0 Å². The van der Waals surface area contributed by atoms with Crippen LogP contribution in [0.15, 0.2) is 40.9 Å². The summed E-state index contributed by atoms with van der Waals surface area (Å²) in [6.07, 6.45) is 1.82. The average molecular weight is 254 g/mol. The number of hydrogen-bond donors (Lipinski definition) is 1. The molecule has 0 saturated heterocycles. The van der Waals surface area contributed by atoms with Gasteiger partial charge >= 0.3 is 0 Å². The van der Waals surface area contributed by atoms with Crippen molar-refractivity contribution in [3.05, 3.63) is 42.2 Å². The zero-order valence-corrected chi connectivity index (χ0v) is 10.6. The molecule has 0 radical (unpaired) electrons. The summed E-state index contributed by atoms with van der Waals surface area (Å²) in [5.74, 6) is 1.21. The number of hydrogen-bond acceptors (Lipinski definition) is 4. The summed E-state index contributed by atoms with van der Waals surface area (Å²) in [6.45, 7) is 2.08. The molecule has 1 N–H and O–H groups in total. The van der Waals surface area contributed by atoms with Crippen molar-refractivity contribution in [1.29, 1.82) is 0 Å². The van der Waals surface area contributed by atoms with Crippen molar-refractivity contribution in [1.82, 2.24) is 20.3 Å². The Labute approximate surface area is 110 Å². The van der Waals surface area contributed by atoms with Gasteiger partial charge in [0.15, 0.2) is 5.82 Å². The van der Waals surface area contributed by atoms with E-state index in [1.807, 2.05) is 36.4 Å². The van der Waals surface area contributed by atoms with Crippen LogP contribution in [0.3, 0.4) is 0 Å². The Morgan fingerprint density at radius 2 is 2.05 bits per heavy atom. The molecule has 0 bridgehead atoms. The lowest BCUT2D eigenvalue weighted by Crippen LogP contribution is -1.85. The largest absolute Gasteiger partial charge is 0.332 e. The molecular formula is C14H14N4O. The molecular weight excluding hydrogens is 240 g/mol. The molecule has 0 aliphatic rings. The Kier molecular flexibility index (Phi) is 3.10. The molecule has 5 heteroatoms. The lowest BCUT2D eigenvalue weighted by atomic mass is 10.1. The van der Waals surface area contributed by atoms with Crippen LogP contribution in [0, 0.1) is 0 Å². The number of benzene rings is 1. The van der Waals surface area contributed by atoms with E-state index in [2.05, 4.69) is 27.3 Å². The highest BCUT2D eigenvalue weighted by Crippen LogP contribution is 2.22. The zero-order chi connectivity index (χ0) is 13.1. The fourth-order valence-corrected chi connectivity index (χ4v) is 1.88. The van der Waals surface area contributed by atoms with E-state index in [4.69, 9.17) is 4.52 Å². The maximum absolute atomic E-state index is 5.22. The molecule has 2 aromatic heterocycles. The maximum Gasteiger partial charge on any atom is 0.275 e. The minimum Gasteiger partial charge on any atom is -0.332 e. The number of aromatic amines is 1. The standard InChI is InChI=1S/C14H14N4O/c1-2-6-13-15-14(19-18-13)12-9-11(16-17-12)10-7-4-3-5-8-10/h3-5,7-9H,2,6H2,1H3,(H,16,17). The van der Waals surface area contributed by atoms with E-state index in [0.29, 0.717) is 5.89 Å². The Balaban J connectivity index is 1.88. The third-order valence-electron chi connectivity index (χ3n) is 2.82. The van der Waals surface area contributed by atoms with Gasteiger partial charge in [-0.05, 0) is 12.5 Å². The summed E-state index contributed by atoms with van der Waals surface area (Å²) in [4.78, 5) is 4.33. The topological polar surface area (TPSA) is 67.6 Å². The van der Waals surface area contributed by atoms with E-state index in [1.165, 1.54) is 0 Å². The summed E-state index contributed by atoms with van der Waals surface area (Å²) >= 11 is 0. The van der Waals surface area contributed by atoms with Crippen molar-refractivity contribution in [3.63, 3.8) is 0 Å². The molecule has 19 heavy (non-hydrogen) atoms. The van der Waals surface area contributed by atoms with Crippen molar-refractivity contribution in [2.75, 3.05) is 0 Å². The van der Waals surface area contributed by atoms with E-state index >= 15 is 0 Å². The fourth-order valence-electron chi connectivity index (χ4n) is 1.88. The Morgan fingerprint density at radius 3 is 2.84 bits per heavy atom. The highest BCUT2D eigenvalue weighted by Gasteiger charge is 2.12. The molecule has 0 aliphatic carbocycles. The van der Waals surface area contributed by atoms with Gasteiger partial charge in [-0.2, -0.15) is 10.1 Å². The summed E-state index contributed by atoms with van der Waals surface area (Å²) in [7, 11) is 0. The second-order valence-electron chi connectivity index (χ2n) is 4.30. The predicted octanol–water partition coefficient (Wildman–Crippen LogP) is 3.08. The smallest absolute Gasteiger partial charge is 0.275 e. The number of nitrogens with zero attached hydrogens (tertiary/aromatic N) is 3. The summed E-state index contributed by atoms with van der Waals surface area (Å²) in [6, 6.07) is 11.9. The zero-order valence-electron chi connectivity index (χ0n) is 10.6. The molecule has 0 aliphatic heterocycles. The van der Waals surface area contributed by atoms with Crippen LogP contribution >= 0.6 is 0 Å². The summed E-state index contributed by atoms with van der Waals surface area (Å²) in [5.41, 5.74) is 2.66. The van der Waals surface area contributed by atoms with Crippen LogP contribution < -0.4 is 0 Å². The summed E-state index contributed by atoms with van der Waals surface area (Å²) in [5, 5.41) is 11.1. The number of nitrogens with one attached hydrogen (secondary N) is 1. The minimum atomic E-state index is 0.484. The van der Waals surface area contributed by atoms with Crippen LogP contribution in [0.4, 0.5) is 0 Å². The van der Waals surface area contributed by atoms with Gasteiger partial charge in [0.2, 0.25) is 0 Å². The lowest BCUT2D eigenvalue weighted by molar-refractivity contribution is 0.421. The number of aryl methyl sites for hydroxylation is 1. The lowest BCUT2D eigenvalue weighted by Gasteiger charge is -1.92. The average Bonchev–Trinajstić information content (AvgIpc) is 3.08. The van der Waals surface area contributed by atoms with Gasteiger partial charge < -0.3 is 4.52 Å². The Hall–Kier alpha value is -2.43. The van der Waals surface area contributed by atoms with Crippen molar-refractivity contribution >= 4 is 0 Å². The number of aromatic nitrogens is 4. The molecule has 0 atom stereocenters. The monoisotopic (exact) mass is 254 g/mol. The molecule has 0 spiro atoms. The first kappa shape index (κ1) is 11.6. The molecule has 0 saturated carbocycles. The SMILES string of the molecule is CCCc1noc(-c2cc(-c3ccccc3)n[nH]2)n1. The van der Waals surface area contributed by atoms with Crippen LogP contribution in [-0.4, -0.2) is 20.3 Å². The molecule has 3 rings (SSSR count). The van der Waals surface area contributed by atoms with Crippen LogP contribution in [-0.2, 0) is 6.42 Å². The van der Waals surface area contributed by atoms with Crippen LogP contribution in [0.1, 0.15) is 19.2 Å². The number of H-pyrrole nitrogens is 1. The molecule has 3 aromatic rings. The molecule has 0 amide bonds. The highest BCUT2D eigenvalue weighted by atomic mass is 16.5. The first-order valence-corrected chi connectivity index (χ1v) is 6.30. The summed E-state index contributed by atoms with van der Waals surface area (Å²) < 4.78 is 5.22. The second-order valence-corrected chi connectivity index (χ2v) is 4.30. The van der Waals surface area contributed by atoms with Crippen molar-refractivity contribution in [2.24, 2.45) is 0 Å². The number of rotatable bonds is 4. The van der Waals surface area contributed by atoms with Gasteiger partial charge in [0, 0.05) is 12.0 Å². The van der Waals surface area contributed by atoms with E-state index < -0.39 is 0 Å². The van der Waals surface area contributed by atoms with Crippen LogP contribution in [0.5, 0.6) is 0 Å². The van der Waals surface area contributed by atoms with Gasteiger partial charge in [-0.25, -0.2) is 0 Å². The van der Waals surface area contributed by atoms with Crippen LogP contribution in [0.25, 0.3) is 22.8 Å². The van der Waals surface area contributed by atoms with Gasteiger partial charge in [-0.15, -0.1) is 0 Å². The third-order valence-corrected chi connectivity index (χ3v) is 2.82. The first-order valence-electron chi connectivity index (χ1n) is 6.30. The van der Waals surface area contributed by atoms with Gasteiger partial charge in [-0.1, -0.05) is 42.4 Å². The van der Waals surface area contributed by atoms with E-state index in [1.54, 1.807) is 0 Å². The van der Waals surface area contributed by atoms with Gasteiger partial charge in [-0.3, -0.25) is 5.10 Å². The molecule has 2 heterocycles. The Morgan fingerprint density at radius 1 is 1.21 bits per heavy atom. The van der Waals surface area contributed by atoms with E-state index in [0.717, 1.165) is 35.6 Å². The first-order chi connectivity index (χ1) is 9.36. The van der Waals surface area contributed by atoms with Gasteiger partial charge in [0.25, 0.3) is 5.89 Å².